The molecule has 3 nitrogen and oxygen atoms in total. The molecule has 8 atom stereocenters. The van der Waals surface area contributed by atoms with Crippen LogP contribution in [0.4, 0.5) is 5.82 Å². The number of hydrogen-bond acceptors (Lipinski definition) is 3. The molecule has 1 aromatic rings. The molecule has 0 saturated heterocycles. The van der Waals surface area contributed by atoms with Crippen molar-refractivity contribution in [2.45, 2.75) is 105 Å². The Bertz CT molecular complexity index is 756. The van der Waals surface area contributed by atoms with Crippen LogP contribution in [0.15, 0.2) is 10.8 Å². The number of hydrogen-bond donors (Lipinski definition) is 1. The van der Waals surface area contributed by atoms with Crippen molar-refractivity contribution in [2.75, 3.05) is 5.32 Å². The number of aromatic nitrogens is 1. The molecular formula is C27H44N2O. The topological polar surface area (TPSA) is 38.1 Å². The Morgan fingerprint density at radius 2 is 1.83 bits per heavy atom. The second kappa shape index (κ2) is 7.55. The molecule has 1 aromatic heterocycles. The fourth-order valence-electron chi connectivity index (χ4n) is 9.05. The minimum Gasteiger partial charge on any atom is -0.364 e. The largest absolute Gasteiger partial charge is 0.364 e. The van der Waals surface area contributed by atoms with Crippen molar-refractivity contribution in [3.8, 4) is 0 Å². The molecule has 1 N–H and O–H groups in total. The highest BCUT2D eigenvalue weighted by Gasteiger charge is 2.60. The first kappa shape index (κ1) is 20.9. The van der Waals surface area contributed by atoms with Crippen molar-refractivity contribution in [3.05, 3.63) is 11.8 Å². The van der Waals surface area contributed by atoms with Crippen molar-refractivity contribution in [1.82, 2.24) is 5.16 Å². The first-order chi connectivity index (χ1) is 14.3. The van der Waals surface area contributed by atoms with Gasteiger partial charge in [0.1, 0.15) is 6.26 Å². The zero-order valence-electron chi connectivity index (χ0n) is 20.0. The summed E-state index contributed by atoms with van der Waals surface area (Å²) >= 11 is 0. The molecule has 0 radical (unpaired) electrons. The standard InChI is InChI=1S/C27H44N2O/c1-17(2)7-6-8-18(3)21-10-11-22-20-9-12-24-27(5,23(20)13-14-26(21,22)4)15-19-16-30-29-25(19)28-24/h16-18,20-24H,6-15H2,1-5H3,(H,28,29)/t18?,20-,21+,22?,23?,24?,26+,27+/m0/s1. The second-order valence-corrected chi connectivity index (χ2v) is 12.6. The lowest BCUT2D eigenvalue weighted by atomic mass is 9.46. The SMILES string of the molecule is CC(C)CCCC(C)[C@H]1CCC2[C@@H]3CCC4Nc5nocc5C[C@]4(C)C3CC[C@@]21C. The van der Waals surface area contributed by atoms with Crippen molar-refractivity contribution in [3.63, 3.8) is 0 Å². The Kier molecular flexibility index (Phi) is 5.26. The molecule has 1 aliphatic heterocycles. The quantitative estimate of drug-likeness (QED) is 0.550. The summed E-state index contributed by atoms with van der Waals surface area (Å²) in [6, 6.07) is 0.577. The third-order valence-electron chi connectivity index (χ3n) is 10.6. The van der Waals surface area contributed by atoms with Crippen LogP contribution >= 0.6 is 0 Å². The van der Waals surface area contributed by atoms with E-state index in [0.29, 0.717) is 16.9 Å². The summed E-state index contributed by atoms with van der Waals surface area (Å²) in [6.07, 6.45) is 15.9. The summed E-state index contributed by atoms with van der Waals surface area (Å²) in [4.78, 5) is 0. The van der Waals surface area contributed by atoms with Crippen LogP contribution in [0.3, 0.4) is 0 Å². The lowest BCUT2D eigenvalue weighted by Gasteiger charge is -2.60. The fraction of sp³-hybridized carbons (Fsp3) is 0.889. The predicted octanol–water partition coefficient (Wildman–Crippen LogP) is 7.33. The van der Waals surface area contributed by atoms with Crippen molar-refractivity contribution >= 4 is 5.82 Å². The van der Waals surface area contributed by atoms with Crippen molar-refractivity contribution < 1.29 is 4.52 Å². The van der Waals surface area contributed by atoms with E-state index in [1.54, 1.807) is 0 Å². The van der Waals surface area contributed by atoms with E-state index in [1.807, 2.05) is 6.26 Å². The summed E-state index contributed by atoms with van der Waals surface area (Å²) in [5, 5.41) is 8.00. The van der Waals surface area contributed by atoms with Crippen LogP contribution < -0.4 is 5.32 Å². The van der Waals surface area contributed by atoms with Gasteiger partial charge in [-0.1, -0.05) is 59.0 Å². The first-order valence-corrected chi connectivity index (χ1v) is 13.0. The van der Waals surface area contributed by atoms with E-state index in [4.69, 9.17) is 4.52 Å². The third-order valence-corrected chi connectivity index (χ3v) is 10.6. The fourth-order valence-corrected chi connectivity index (χ4v) is 9.05. The minimum atomic E-state index is 0.365. The Labute approximate surface area is 184 Å². The number of nitrogens with zero attached hydrogens (tertiary/aromatic N) is 1. The molecule has 2 heterocycles. The van der Waals surface area contributed by atoms with Crippen LogP contribution in [0, 0.1) is 46.3 Å². The number of nitrogens with one attached hydrogen (secondary N) is 1. The highest BCUT2D eigenvalue weighted by atomic mass is 16.5. The lowest BCUT2D eigenvalue weighted by molar-refractivity contribution is -0.0808. The summed E-state index contributed by atoms with van der Waals surface area (Å²) in [6.45, 7) is 12.6. The Balaban J connectivity index is 1.33. The van der Waals surface area contributed by atoms with Gasteiger partial charge in [-0.15, -0.1) is 0 Å². The van der Waals surface area contributed by atoms with E-state index < -0.39 is 0 Å². The second-order valence-electron chi connectivity index (χ2n) is 12.6. The molecule has 3 aliphatic carbocycles. The molecular weight excluding hydrogens is 368 g/mol. The third kappa shape index (κ3) is 3.16. The molecule has 4 aliphatic rings. The lowest BCUT2D eigenvalue weighted by Crippen LogP contribution is -2.58. The van der Waals surface area contributed by atoms with Crippen molar-refractivity contribution in [1.29, 1.82) is 0 Å². The summed E-state index contributed by atoms with van der Waals surface area (Å²) < 4.78 is 5.31. The maximum absolute atomic E-state index is 5.31. The van der Waals surface area contributed by atoms with E-state index in [2.05, 4.69) is 45.1 Å². The van der Waals surface area contributed by atoms with E-state index in [9.17, 15) is 0 Å². The average molecular weight is 413 g/mol. The summed E-state index contributed by atoms with van der Waals surface area (Å²) in [5.41, 5.74) is 2.27. The molecule has 0 amide bonds. The molecule has 0 aromatic carbocycles. The Hall–Kier alpha value is -0.990. The Morgan fingerprint density at radius 1 is 1.03 bits per heavy atom. The molecule has 0 bridgehead atoms. The van der Waals surface area contributed by atoms with Gasteiger partial charge in [-0.25, -0.2) is 0 Å². The molecule has 30 heavy (non-hydrogen) atoms. The van der Waals surface area contributed by atoms with Crippen LogP contribution in [0.1, 0.15) is 98.0 Å². The molecule has 3 heteroatoms. The normalized spacial score (nSPS) is 43.3. The van der Waals surface area contributed by atoms with Gasteiger partial charge in [0.15, 0.2) is 5.82 Å². The van der Waals surface area contributed by atoms with Crippen LogP contribution in [0.2, 0.25) is 0 Å². The monoisotopic (exact) mass is 412 g/mol. The number of fused-ring (bicyclic) bond motifs is 6. The minimum absolute atomic E-state index is 0.365. The van der Waals surface area contributed by atoms with Crippen LogP contribution in [0.5, 0.6) is 0 Å². The van der Waals surface area contributed by atoms with Crippen LogP contribution in [0.25, 0.3) is 0 Å². The van der Waals surface area contributed by atoms with E-state index in [-0.39, 0.29) is 0 Å². The molecule has 3 saturated carbocycles. The van der Waals surface area contributed by atoms with E-state index in [0.717, 1.165) is 47.7 Å². The maximum atomic E-state index is 5.31. The van der Waals surface area contributed by atoms with Crippen molar-refractivity contribution in [2.24, 2.45) is 46.3 Å². The van der Waals surface area contributed by atoms with Gasteiger partial charge in [-0.3, -0.25) is 0 Å². The molecule has 168 valence electrons. The smallest absolute Gasteiger partial charge is 0.172 e. The summed E-state index contributed by atoms with van der Waals surface area (Å²) in [5.74, 6) is 6.48. The van der Waals surface area contributed by atoms with Gasteiger partial charge in [-0.2, -0.15) is 0 Å². The predicted molar refractivity (Wildman–Crippen MR) is 123 cm³/mol. The highest BCUT2D eigenvalue weighted by molar-refractivity contribution is 5.47. The van der Waals surface area contributed by atoms with Gasteiger partial charge in [0.2, 0.25) is 0 Å². The van der Waals surface area contributed by atoms with E-state index >= 15 is 0 Å². The molecule has 4 unspecified atom stereocenters. The first-order valence-electron chi connectivity index (χ1n) is 13.0. The zero-order valence-corrected chi connectivity index (χ0v) is 20.0. The molecule has 3 fully saturated rings. The molecule has 5 rings (SSSR count). The maximum Gasteiger partial charge on any atom is 0.172 e. The highest BCUT2D eigenvalue weighted by Crippen LogP contribution is 2.67. The van der Waals surface area contributed by atoms with Gasteiger partial charge in [0.05, 0.1) is 0 Å². The van der Waals surface area contributed by atoms with Gasteiger partial charge < -0.3 is 9.84 Å². The number of anilines is 1. The number of rotatable bonds is 5. The van der Waals surface area contributed by atoms with Crippen LogP contribution in [-0.4, -0.2) is 11.2 Å². The van der Waals surface area contributed by atoms with Gasteiger partial charge in [0.25, 0.3) is 0 Å². The van der Waals surface area contributed by atoms with Gasteiger partial charge >= 0.3 is 0 Å². The van der Waals surface area contributed by atoms with Gasteiger partial charge in [-0.05, 0) is 91.3 Å². The van der Waals surface area contributed by atoms with E-state index in [1.165, 1.54) is 63.4 Å². The Morgan fingerprint density at radius 3 is 2.63 bits per heavy atom. The zero-order chi connectivity index (χ0) is 21.1. The average Bonchev–Trinajstić information content (AvgIpc) is 3.28. The van der Waals surface area contributed by atoms with Crippen LogP contribution in [-0.2, 0) is 6.42 Å². The summed E-state index contributed by atoms with van der Waals surface area (Å²) in [7, 11) is 0. The van der Waals surface area contributed by atoms with Gasteiger partial charge in [0, 0.05) is 11.6 Å². The molecule has 0 spiro atoms.